The molecule has 0 aliphatic carbocycles. The van der Waals surface area contributed by atoms with Gasteiger partial charge in [0.25, 0.3) is 0 Å². The lowest BCUT2D eigenvalue weighted by Crippen LogP contribution is -2.17. The second-order valence-corrected chi connectivity index (χ2v) is 5.34. The van der Waals surface area contributed by atoms with Gasteiger partial charge < -0.3 is 20.3 Å². The predicted octanol–water partition coefficient (Wildman–Crippen LogP) is 0.641. The van der Waals surface area contributed by atoms with E-state index in [9.17, 15) is 5.11 Å². The van der Waals surface area contributed by atoms with E-state index in [-0.39, 0.29) is 30.8 Å². The topological polar surface area (TPSA) is 108 Å². The standard InChI is InChI=1S/C13H19N5O3/c1-6-4-8(5-19)21-12(6)18-7(2)15-9-10(18)16-13(14)17-11(9)20-3/h6,8,12,19H,4-5H2,1-3H3,(H2,14,16,17)/t6-,8-,12?/m0/s1. The van der Waals surface area contributed by atoms with E-state index in [1.807, 2.05) is 11.5 Å². The minimum absolute atomic E-state index is 0.00691. The van der Waals surface area contributed by atoms with Crippen molar-refractivity contribution in [1.82, 2.24) is 19.5 Å². The Kier molecular flexibility index (Phi) is 3.42. The molecule has 8 heteroatoms. The van der Waals surface area contributed by atoms with Gasteiger partial charge in [0.1, 0.15) is 12.1 Å². The third-order valence-electron chi connectivity index (χ3n) is 3.81. The molecular weight excluding hydrogens is 274 g/mol. The maximum atomic E-state index is 9.29. The fraction of sp³-hybridized carbons (Fsp3) is 0.615. The number of ether oxygens (including phenoxy) is 2. The first kappa shape index (κ1) is 14.0. The van der Waals surface area contributed by atoms with Crippen LogP contribution < -0.4 is 10.5 Å². The molecule has 2 aromatic heterocycles. The average Bonchev–Trinajstić information content (AvgIpc) is 2.97. The molecule has 0 saturated carbocycles. The largest absolute Gasteiger partial charge is 0.479 e. The van der Waals surface area contributed by atoms with Crippen LogP contribution in [-0.2, 0) is 4.74 Å². The summed E-state index contributed by atoms with van der Waals surface area (Å²) < 4.78 is 13.0. The van der Waals surface area contributed by atoms with Crippen LogP contribution >= 0.6 is 0 Å². The Labute approximate surface area is 121 Å². The van der Waals surface area contributed by atoms with Gasteiger partial charge in [-0.15, -0.1) is 0 Å². The Morgan fingerprint density at radius 1 is 1.43 bits per heavy atom. The lowest BCUT2D eigenvalue weighted by molar-refractivity contribution is -0.0303. The molecule has 0 amide bonds. The van der Waals surface area contributed by atoms with E-state index >= 15 is 0 Å². The zero-order valence-corrected chi connectivity index (χ0v) is 12.3. The monoisotopic (exact) mass is 293 g/mol. The summed E-state index contributed by atoms with van der Waals surface area (Å²) >= 11 is 0. The van der Waals surface area contributed by atoms with E-state index in [4.69, 9.17) is 15.2 Å². The zero-order chi connectivity index (χ0) is 15.1. The van der Waals surface area contributed by atoms with E-state index < -0.39 is 0 Å². The first-order chi connectivity index (χ1) is 10.0. The Bertz CT molecular complexity index is 671. The highest BCUT2D eigenvalue weighted by atomic mass is 16.5. The quantitative estimate of drug-likeness (QED) is 0.854. The number of aryl methyl sites for hydroxylation is 1. The first-order valence-corrected chi connectivity index (χ1v) is 6.87. The normalized spacial score (nSPS) is 25.6. The minimum atomic E-state index is -0.230. The van der Waals surface area contributed by atoms with Gasteiger partial charge in [0, 0.05) is 5.92 Å². The van der Waals surface area contributed by atoms with Crippen molar-refractivity contribution in [2.75, 3.05) is 19.5 Å². The molecule has 3 N–H and O–H groups in total. The molecule has 2 aromatic rings. The summed E-state index contributed by atoms with van der Waals surface area (Å²) in [5, 5.41) is 9.29. The summed E-state index contributed by atoms with van der Waals surface area (Å²) in [5.41, 5.74) is 6.89. The molecule has 1 aliphatic heterocycles. The van der Waals surface area contributed by atoms with Crippen LogP contribution in [0.25, 0.3) is 11.2 Å². The van der Waals surface area contributed by atoms with Crippen molar-refractivity contribution in [3.63, 3.8) is 0 Å². The van der Waals surface area contributed by atoms with Crippen molar-refractivity contribution in [3.8, 4) is 5.88 Å². The maximum absolute atomic E-state index is 9.29. The second-order valence-electron chi connectivity index (χ2n) is 5.34. The number of fused-ring (bicyclic) bond motifs is 1. The average molecular weight is 293 g/mol. The smallest absolute Gasteiger partial charge is 0.246 e. The van der Waals surface area contributed by atoms with Gasteiger partial charge in [0.2, 0.25) is 11.8 Å². The first-order valence-electron chi connectivity index (χ1n) is 6.87. The van der Waals surface area contributed by atoms with Gasteiger partial charge in [-0.25, -0.2) is 4.98 Å². The number of nitrogens with zero attached hydrogens (tertiary/aromatic N) is 4. The van der Waals surface area contributed by atoms with Crippen LogP contribution in [0.2, 0.25) is 0 Å². The lowest BCUT2D eigenvalue weighted by Gasteiger charge is -2.19. The maximum Gasteiger partial charge on any atom is 0.246 e. The van der Waals surface area contributed by atoms with Crippen molar-refractivity contribution in [2.24, 2.45) is 5.92 Å². The van der Waals surface area contributed by atoms with E-state index in [1.165, 1.54) is 7.11 Å². The van der Waals surface area contributed by atoms with Gasteiger partial charge in [-0.05, 0) is 13.3 Å². The number of aliphatic hydroxyl groups is 1. The fourth-order valence-electron chi connectivity index (χ4n) is 2.87. The summed E-state index contributed by atoms with van der Waals surface area (Å²) in [5.74, 6) is 1.47. The molecule has 0 aromatic carbocycles. The number of imidazole rings is 1. The molecule has 1 saturated heterocycles. The molecule has 3 rings (SSSR count). The highest BCUT2D eigenvalue weighted by Crippen LogP contribution is 2.37. The predicted molar refractivity (Wildman–Crippen MR) is 75.8 cm³/mol. The Balaban J connectivity index is 2.14. The van der Waals surface area contributed by atoms with Gasteiger partial charge in [-0.2, -0.15) is 9.97 Å². The summed E-state index contributed by atoms with van der Waals surface area (Å²) in [7, 11) is 1.52. The van der Waals surface area contributed by atoms with Crippen LogP contribution in [0.15, 0.2) is 0 Å². The molecule has 3 atom stereocenters. The third kappa shape index (κ3) is 2.20. The van der Waals surface area contributed by atoms with E-state index in [1.54, 1.807) is 0 Å². The number of aromatic nitrogens is 4. The molecule has 1 unspecified atom stereocenters. The SMILES string of the molecule is COc1nc(N)nc2c1nc(C)n2C1O[C@H](CO)C[C@@H]1C. The molecule has 1 fully saturated rings. The van der Waals surface area contributed by atoms with Crippen molar-refractivity contribution < 1.29 is 14.6 Å². The van der Waals surface area contributed by atoms with Crippen LogP contribution in [-0.4, -0.2) is 44.4 Å². The number of methoxy groups -OCH3 is 1. The number of nitrogens with two attached hydrogens (primary N) is 1. The Hall–Kier alpha value is -1.93. The fourth-order valence-corrected chi connectivity index (χ4v) is 2.87. The minimum Gasteiger partial charge on any atom is -0.479 e. The van der Waals surface area contributed by atoms with Gasteiger partial charge in [0.15, 0.2) is 11.2 Å². The Morgan fingerprint density at radius 2 is 2.19 bits per heavy atom. The molecule has 21 heavy (non-hydrogen) atoms. The van der Waals surface area contributed by atoms with E-state index in [2.05, 4.69) is 21.9 Å². The number of hydrogen-bond donors (Lipinski definition) is 2. The molecule has 0 radical (unpaired) electrons. The van der Waals surface area contributed by atoms with Crippen LogP contribution in [0.1, 0.15) is 25.4 Å². The van der Waals surface area contributed by atoms with Gasteiger partial charge in [-0.1, -0.05) is 6.92 Å². The second kappa shape index (κ2) is 5.12. The van der Waals surface area contributed by atoms with Gasteiger partial charge in [0.05, 0.1) is 19.8 Å². The number of anilines is 1. The van der Waals surface area contributed by atoms with E-state index in [0.29, 0.717) is 17.0 Å². The molecule has 114 valence electrons. The number of hydrogen-bond acceptors (Lipinski definition) is 7. The number of nitrogen functional groups attached to an aromatic ring is 1. The summed E-state index contributed by atoms with van der Waals surface area (Å²) in [6.07, 6.45) is 0.395. The Morgan fingerprint density at radius 3 is 2.81 bits per heavy atom. The highest BCUT2D eigenvalue weighted by Gasteiger charge is 2.35. The molecule has 1 aliphatic rings. The van der Waals surface area contributed by atoms with Crippen molar-refractivity contribution in [3.05, 3.63) is 5.82 Å². The zero-order valence-electron chi connectivity index (χ0n) is 12.3. The van der Waals surface area contributed by atoms with Crippen LogP contribution in [0.4, 0.5) is 5.95 Å². The van der Waals surface area contributed by atoms with Gasteiger partial charge >= 0.3 is 0 Å². The van der Waals surface area contributed by atoms with Crippen molar-refractivity contribution in [2.45, 2.75) is 32.6 Å². The summed E-state index contributed by atoms with van der Waals surface area (Å²) in [4.78, 5) is 12.8. The lowest BCUT2D eigenvalue weighted by atomic mass is 10.1. The molecular formula is C13H19N5O3. The molecule has 0 bridgehead atoms. The third-order valence-corrected chi connectivity index (χ3v) is 3.81. The van der Waals surface area contributed by atoms with Gasteiger partial charge in [-0.3, -0.25) is 4.57 Å². The van der Waals surface area contributed by atoms with Crippen LogP contribution in [0.5, 0.6) is 5.88 Å². The highest BCUT2D eigenvalue weighted by molar-refractivity contribution is 5.78. The van der Waals surface area contributed by atoms with Crippen LogP contribution in [0, 0.1) is 12.8 Å². The number of rotatable bonds is 3. The van der Waals surface area contributed by atoms with Crippen molar-refractivity contribution in [1.29, 1.82) is 0 Å². The number of aliphatic hydroxyl groups excluding tert-OH is 1. The molecule has 8 nitrogen and oxygen atoms in total. The molecule has 0 spiro atoms. The summed E-state index contributed by atoms with van der Waals surface area (Å²) in [6, 6.07) is 0. The van der Waals surface area contributed by atoms with Crippen LogP contribution in [0.3, 0.4) is 0 Å². The van der Waals surface area contributed by atoms with E-state index in [0.717, 1.165) is 12.2 Å². The molecule has 3 heterocycles. The summed E-state index contributed by atoms with van der Waals surface area (Å²) in [6.45, 7) is 3.96. The van der Waals surface area contributed by atoms with Crippen molar-refractivity contribution >= 4 is 17.1 Å².